The predicted molar refractivity (Wildman–Crippen MR) is 81.8 cm³/mol. The molecule has 1 aromatic carbocycles. The summed E-state index contributed by atoms with van der Waals surface area (Å²) in [5.41, 5.74) is 2.17. The third-order valence-electron chi connectivity index (χ3n) is 3.26. The summed E-state index contributed by atoms with van der Waals surface area (Å²) in [6.07, 6.45) is 0. The Bertz CT molecular complexity index is 412. The lowest BCUT2D eigenvalue weighted by Crippen LogP contribution is -2.36. The molecule has 0 aliphatic heterocycles. The summed E-state index contributed by atoms with van der Waals surface area (Å²) in [6.45, 7) is 13.6. The highest BCUT2D eigenvalue weighted by atomic mass is 16.1. The van der Waals surface area contributed by atoms with E-state index in [2.05, 4.69) is 52.1 Å². The molecule has 0 radical (unpaired) electrons. The summed E-state index contributed by atoms with van der Waals surface area (Å²) in [5, 5.41) is 3.28. The van der Waals surface area contributed by atoms with Crippen LogP contribution < -0.4 is 5.32 Å². The van der Waals surface area contributed by atoms with E-state index in [1.165, 1.54) is 5.56 Å². The lowest BCUT2D eigenvalue weighted by atomic mass is 9.86. The highest BCUT2D eigenvalue weighted by molar-refractivity contribution is 5.99. The first-order valence-corrected chi connectivity index (χ1v) is 7.10. The average Bonchev–Trinajstić information content (AvgIpc) is 2.34. The zero-order valence-corrected chi connectivity index (χ0v) is 13.1. The van der Waals surface area contributed by atoms with Crippen LogP contribution >= 0.6 is 0 Å². The number of rotatable bonds is 5. The predicted octanol–water partition coefficient (Wildman–Crippen LogP) is 3.80. The molecule has 0 bridgehead atoms. The topological polar surface area (TPSA) is 29.1 Å². The summed E-state index contributed by atoms with van der Waals surface area (Å²) in [4.78, 5) is 12.3. The van der Waals surface area contributed by atoms with Gasteiger partial charge >= 0.3 is 0 Å². The average molecular weight is 261 g/mol. The maximum Gasteiger partial charge on any atom is 0.179 e. The number of Topliss-reactive ketones (excluding diaryl/α,β-unsaturated/α-hetero) is 1. The van der Waals surface area contributed by atoms with Crippen LogP contribution in [0.2, 0.25) is 0 Å². The van der Waals surface area contributed by atoms with Gasteiger partial charge in [0.2, 0.25) is 0 Å². The van der Waals surface area contributed by atoms with E-state index in [1.54, 1.807) is 0 Å². The quantitative estimate of drug-likeness (QED) is 0.817. The van der Waals surface area contributed by atoms with Crippen molar-refractivity contribution in [2.24, 2.45) is 5.92 Å². The molecule has 0 heterocycles. The van der Waals surface area contributed by atoms with Crippen molar-refractivity contribution >= 4 is 5.78 Å². The van der Waals surface area contributed by atoms with Crippen LogP contribution in [-0.4, -0.2) is 18.4 Å². The molecule has 1 aromatic rings. The summed E-state index contributed by atoms with van der Waals surface area (Å²) < 4.78 is 0. The minimum Gasteiger partial charge on any atom is -0.307 e. The minimum atomic E-state index is -0.122. The summed E-state index contributed by atoms with van der Waals surface area (Å²) in [6, 6.07) is 7.88. The van der Waals surface area contributed by atoms with E-state index in [9.17, 15) is 4.79 Å². The van der Waals surface area contributed by atoms with Crippen LogP contribution in [0.15, 0.2) is 24.3 Å². The Hall–Kier alpha value is -1.15. The van der Waals surface area contributed by atoms with Gasteiger partial charge in [-0.05, 0) is 30.4 Å². The third-order valence-corrected chi connectivity index (χ3v) is 3.26. The zero-order valence-electron chi connectivity index (χ0n) is 13.1. The molecule has 19 heavy (non-hydrogen) atoms. The number of hydrogen-bond acceptors (Lipinski definition) is 2. The van der Waals surface area contributed by atoms with Crippen molar-refractivity contribution in [1.82, 2.24) is 5.32 Å². The molecule has 0 amide bonds. The highest BCUT2D eigenvalue weighted by Crippen LogP contribution is 2.22. The van der Waals surface area contributed by atoms with E-state index in [0.29, 0.717) is 5.92 Å². The van der Waals surface area contributed by atoms with E-state index in [1.807, 2.05) is 19.1 Å². The molecule has 0 saturated heterocycles. The largest absolute Gasteiger partial charge is 0.307 e. The Balaban J connectivity index is 2.72. The van der Waals surface area contributed by atoms with Crippen LogP contribution in [0.25, 0.3) is 0 Å². The second kappa shape index (κ2) is 6.33. The number of benzene rings is 1. The maximum absolute atomic E-state index is 12.3. The Labute approximate surface area is 117 Å². The number of nitrogens with one attached hydrogen (secondary N) is 1. The van der Waals surface area contributed by atoms with Gasteiger partial charge in [-0.1, -0.05) is 58.9 Å². The van der Waals surface area contributed by atoms with Gasteiger partial charge in [0.1, 0.15) is 0 Å². The standard InChI is InChI=1S/C17H27NO/c1-12(2)11-18-13(3)16(19)14-7-9-15(10-8-14)17(4,5)6/h7-10,12-13,18H,11H2,1-6H3. The summed E-state index contributed by atoms with van der Waals surface area (Å²) in [5.74, 6) is 0.722. The van der Waals surface area contributed by atoms with E-state index in [4.69, 9.17) is 0 Å². The van der Waals surface area contributed by atoms with E-state index >= 15 is 0 Å². The molecule has 0 spiro atoms. The molecule has 0 fully saturated rings. The zero-order chi connectivity index (χ0) is 14.6. The maximum atomic E-state index is 12.3. The number of carbonyl (C=O) groups excluding carboxylic acids is 1. The Morgan fingerprint density at radius 3 is 2.05 bits per heavy atom. The Kier molecular flexibility index (Phi) is 5.30. The van der Waals surface area contributed by atoms with E-state index in [0.717, 1.165) is 12.1 Å². The first-order valence-electron chi connectivity index (χ1n) is 7.10. The van der Waals surface area contributed by atoms with Gasteiger partial charge in [0, 0.05) is 5.56 Å². The van der Waals surface area contributed by atoms with Gasteiger partial charge < -0.3 is 5.32 Å². The van der Waals surface area contributed by atoms with Gasteiger partial charge in [0.05, 0.1) is 6.04 Å². The highest BCUT2D eigenvalue weighted by Gasteiger charge is 2.17. The van der Waals surface area contributed by atoms with Crippen molar-refractivity contribution in [3.8, 4) is 0 Å². The van der Waals surface area contributed by atoms with Gasteiger partial charge in [-0.3, -0.25) is 4.79 Å². The van der Waals surface area contributed by atoms with Crippen LogP contribution in [0.3, 0.4) is 0 Å². The van der Waals surface area contributed by atoms with E-state index < -0.39 is 0 Å². The molecule has 1 rings (SSSR count). The molecule has 1 N–H and O–H groups in total. The Morgan fingerprint density at radius 2 is 1.63 bits per heavy atom. The molecule has 0 aromatic heterocycles. The second-order valence-electron chi connectivity index (χ2n) is 6.72. The third kappa shape index (κ3) is 4.79. The van der Waals surface area contributed by atoms with Crippen LogP contribution in [0.1, 0.15) is 57.5 Å². The molecular formula is C17H27NO. The molecule has 0 aliphatic carbocycles. The van der Waals surface area contributed by atoms with Gasteiger partial charge in [0.25, 0.3) is 0 Å². The smallest absolute Gasteiger partial charge is 0.179 e. The summed E-state index contributed by atoms with van der Waals surface area (Å²) in [7, 11) is 0. The second-order valence-corrected chi connectivity index (χ2v) is 6.72. The molecule has 2 heteroatoms. The molecule has 1 unspecified atom stereocenters. The molecule has 2 nitrogen and oxygen atoms in total. The molecule has 0 saturated carbocycles. The fourth-order valence-electron chi connectivity index (χ4n) is 1.89. The van der Waals surface area contributed by atoms with Crippen LogP contribution in [0.4, 0.5) is 0 Å². The van der Waals surface area contributed by atoms with Crippen molar-refractivity contribution in [3.05, 3.63) is 35.4 Å². The van der Waals surface area contributed by atoms with Gasteiger partial charge in [-0.15, -0.1) is 0 Å². The minimum absolute atomic E-state index is 0.122. The van der Waals surface area contributed by atoms with Gasteiger partial charge in [0.15, 0.2) is 5.78 Å². The van der Waals surface area contributed by atoms with Crippen molar-refractivity contribution in [2.45, 2.75) is 53.0 Å². The monoisotopic (exact) mass is 261 g/mol. The first-order chi connectivity index (χ1) is 8.71. The van der Waals surface area contributed by atoms with Gasteiger partial charge in [-0.2, -0.15) is 0 Å². The van der Waals surface area contributed by atoms with Crippen LogP contribution in [0.5, 0.6) is 0 Å². The summed E-state index contributed by atoms with van der Waals surface area (Å²) >= 11 is 0. The van der Waals surface area contributed by atoms with Crippen molar-refractivity contribution in [2.75, 3.05) is 6.54 Å². The van der Waals surface area contributed by atoms with Gasteiger partial charge in [-0.25, -0.2) is 0 Å². The molecule has 106 valence electrons. The fourth-order valence-corrected chi connectivity index (χ4v) is 1.89. The normalized spacial score (nSPS) is 13.6. The number of ketones is 1. The SMILES string of the molecule is CC(C)CNC(C)C(=O)c1ccc(C(C)(C)C)cc1. The van der Waals surface area contributed by atoms with Crippen LogP contribution in [0, 0.1) is 5.92 Å². The first kappa shape index (κ1) is 15.9. The van der Waals surface area contributed by atoms with Crippen molar-refractivity contribution in [3.63, 3.8) is 0 Å². The number of hydrogen-bond donors (Lipinski definition) is 1. The van der Waals surface area contributed by atoms with Crippen molar-refractivity contribution in [1.29, 1.82) is 0 Å². The lowest BCUT2D eigenvalue weighted by Gasteiger charge is -2.19. The molecule has 0 aliphatic rings. The number of carbonyl (C=O) groups is 1. The molecule has 1 atom stereocenters. The van der Waals surface area contributed by atoms with E-state index in [-0.39, 0.29) is 17.2 Å². The lowest BCUT2D eigenvalue weighted by molar-refractivity contribution is 0.0949. The molecular weight excluding hydrogens is 234 g/mol. The Morgan fingerprint density at radius 1 is 1.11 bits per heavy atom. The van der Waals surface area contributed by atoms with Crippen LogP contribution in [-0.2, 0) is 5.41 Å². The fraction of sp³-hybridized carbons (Fsp3) is 0.588. The van der Waals surface area contributed by atoms with Crippen molar-refractivity contribution < 1.29 is 4.79 Å².